The maximum atomic E-state index is 13.3. The molecule has 200 valence electrons. The van der Waals surface area contributed by atoms with Crippen molar-refractivity contribution >= 4 is 52.4 Å². The van der Waals surface area contributed by atoms with Gasteiger partial charge in [0.15, 0.2) is 0 Å². The van der Waals surface area contributed by atoms with Gasteiger partial charge in [-0.3, -0.25) is 14.4 Å². The molecular weight excluding hydrogens is 526 g/mol. The summed E-state index contributed by atoms with van der Waals surface area (Å²) in [6.07, 6.45) is 0. The number of hydrogen-bond acceptors (Lipinski definition) is 8. The van der Waals surface area contributed by atoms with Crippen LogP contribution in [0.5, 0.6) is 11.5 Å². The number of anilines is 3. The van der Waals surface area contributed by atoms with Crippen molar-refractivity contribution in [3.8, 4) is 11.5 Å². The van der Waals surface area contributed by atoms with Crippen molar-refractivity contribution in [2.75, 3.05) is 36.4 Å². The van der Waals surface area contributed by atoms with E-state index in [1.807, 2.05) is 0 Å². The Balaban J connectivity index is 1.54. The number of nitrogens with one attached hydrogen (secondary N) is 2. The molecule has 0 radical (unpaired) electrons. The number of carbonyl (C=O) groups is 4. The first kappa shape index (κ1) is 27.2. The highest BCUT2D eigenvalue weighted by Crippen LogP contribution is 2.38. The molecule has 10 nitrogen and oxygen atoms in total. The van der Waals surface area contributed by atoms with E-state index in [0.717, 1.165) is 4.90 Å². The van der Waals surface area contributed by atoms with Gasteiger partial charge in [-0.1, -0.05) is 23.7 Å². The Morgan fingerprint density at radius 3 is 2.26 bits per heavy atom. The van der Waals surface area contributed by atoms with Crippen LogP contribution in [-0.2, 0) is 14.3 Å². The van der Waals surface area contributed by atoms with Crippen LogP contribution in [0.25, 0.3) is 0 Å². The Kier molecular flexibility index (Phi) is 8.16. The van der Waals surface area contributed by atoms with Crippen LogP contribution in [-0.4, -0.2) is 44.5 Å². The number of ether oxygens (including phenoxy) is 3. The van der Waals surface area contributed by atoms with Crippen LogP contribution in [0.1, 0.15) is 27.6 Å². The molecule has 39 heavy (non-hydrogen) atoms. The van der Waals surface area contributed by atoms with Gasteiger partial charge in [0.25, 0.3) is 17.7 Å². The van der Waals surface area contributed by atoms with E-state index in [2.05, 4.69) is 10.6 Å². The summed E-state index contributed by atoms with van der Waals surface area (Å²) in [4.78, 5) is 52.0. The number of carbonyl (C=O) groups excluding carboxylic acids is 4. The number of nitrogens with zero attached hydrogens (tertiary/aromatic N) is 1. The van der Waals surface area contributed by atoms with E-state index in [1.165, 1.54) is 32.4 Å². The molecule has 0 aromatic heterocycles. The minimum absolute atomic E-state index is 0.161. The predicted molar refractivity (Wildman–Crippen MR) is 145 cm³/mol. The second-order valence-corrected chi connectivity index (χ2v) is 8.51. The Hall–Kier alpha value is -4.83. The largest absolute Gasteiger partial charge is 0.497 e. The van der Waals surface area contributed by atoms with E-state index in [0.29, 0.717) is 22.7 Å². The first-order chi connectivity index (χ1) is 18.8. The molecule has 4 rings (SSSR count). The molecule has 0 atom stereocenters. The lowest BCUT2D eigenvalue weighted by atomic mass is 10.1. The highest BCUT2D eigenvalue weighted by atomic mass is 35.5. The lowest BCUT2D eigenvalue weighted by Crippen LogP contribution is -2.32. The van der Waals surface area contributed by atoms with Crippen LogP contribution >= 0.6 is 11.6 Å². The van der Waals surface area contributed by atoms with Crippen molar-refractivity contribution in [1.82, 2.24) is 0 Å². The third-order valence-corrected chi connectivity index (χ3v) is 6.03. The lowest BCUT2D eigenvalue weighted by molar-refractivity contribution is -0.120. The van der Waals surface area contributed by atoms with Gasteiger partial charge in [0.1, 0.15) is 22.2 Å². The summed E-state index contributed by atoms with van der Waals surface area (Å²) < 4.78 is 15.5. The molecule has 0 spiro atoms. The topological polar surface area (TPSA) is 123 Å². The van der Waals surface area contributed by atoms with E-state index in [4.69, 9.17) is 25.8 Å². The maximum absolute atomic E-state index is 13.3. The van der Waals surface area contributed by atoms with Gasteiger partial charge in [0.2, 0.25) is 0 Å². The fourth-order valence-corrected chi connectivity index (χ4v) is 4.04. The number of imide groups is 1. The van der Waals surface area contributed by atoms with Gasteiger partial charge in [-0.2, -0.15) is 0 Å². The number of hydrogen-bond donors (Lipinski definition) is 2. The summed E-state index contributed by atoms with van der Waals surface area (Å²) in [5.74, 6) is -1.73. The average molecular weight is 550 g/mol. The number of benzene rings is 3. The number of halogens is 1. The van der Waals surface area contributed by atoms with Gasteiger partial charge < -0.3 is 24.8 Å². The molecule has 1 aliphatic heterocycles. The molecule has 0 saturated heterocycles. The minimum Gasteiger partial charge on any atom is -0.497 e. The first-order valence-electron chi connectivity index (χ1n) is 11.7. The third kappa shape index (κ3) is 5.70. The molecule has 3 amide bonds. The van der Waals surface area contributed by atoms with E-state index >= 15 is 0 Å². The molecule has 0 saturated carbocycles. The SMILES string of the molecule is CCOC(=O)c1cccc(NC(=O)c2cccc(NC3=C(Cl)C(=O)N(c4cc(OC)ccc4OC)C3=O)c2)c1. The molecule has 3 aromatic carbocycles. The van der Waals surface area contributed by atoms with Gasteiger partial charge >= 0.3 is 5.97 Å². The van der Waals surface area contributed by atoms with Gasteiger partial charge in [-0.05, 0) is 55.5 Å². The van der Waals surface area contributed by atoms with E-state index in [-0.39, 0.29) is 34.3 Å². The Bertz CT molecular complexity index is 1500. The van der Waals surface area contributed by atoms with Crippen LogP contribution in [0.3, 0.4) is 0 Å². The molecule has 11 heteroatoms. The van der Waals surface area contributed by atoms with Crippen molar-refractivity contribution in [3.05, 3.63) is 88.6 Å². The van der Waals surface area contributed by atoms with Crippen molar-refractivity contribution in [2.24, 2.45) is 0 Å². The third-order valence-electron chi connectivity index (χ3n) is 5.68. The molecule has 0 bridgehead atoms. The Morgan fingerprint density at radius 1 is 0.872 bits per heavy atom. The smallest absolute Gasteiger partial charge is 0.338 e. The number of rotatable bonds is 9. The van der Waals surface area contributed by atoms with Gasteiger partial charge in [0.05, 0.1) is 32.1 Å². The first-order valence-corrected chi connectivity index (χ1v) is 12.1. The van der Waals surface area contributed by atoms with E-state index < -0.39 is 23.7 Å². The fourth-order valence-electron chi connectivity index (χ4n) is 3.83. The zero-order valence-electron chi connectivity index (χ0n) is 21.2. The second kappa shape index (κ2) is 11.7. The van der Waals surface area contributed by atoms with E-state index in [9.17, 15) is 19.2 Å². The van der Waals surface area contributed by atoms with Gasteiger partial charge in [0, 0.05) is 23.0 Å². The summed E-state index contributed by atoms with van der Waals surface area (Å²) >= 11 is 6.28. The number of methoxy groups -OCH3 is 2. The zero-order chi connectivity index (χ0) is 28.1. The summed E-state index contributed by atoms with van der Waals surface area (Å²) in [5, 5.41) is 5.26. The van der Waals surface area contributed by atoms with Crippen molar-refractivity contribution in [1.29, 1.82) is 0 Å². The lowest BCUT2D eigenvalue weighted by Gasteiger charge is -2.19. The summed E-state index contributed by atoms with van der Waals surface area (Å²) in [5.41, 5.74) is 1.30. The average Bonchev–Trinajstić information content (AvgIpc) is 3.15. The van der Waals surface area contributed by atoms with Crippen LogP contribution in [0, 0.1) is 0 Å². The van der Waals surface area contributed by atoms with Crippen molar-refractivity contribution in [2.45, 2.75) is 6.92 Å². The summed E-state index contributed by atoms with van der Waals surface area (Å²) in [6.45, 7) is 1.94. The molecule has 1 heterocycles. The fraction of sp³-hybridized carbons (Fsp3) is 0.143. The highest BCUT2D eigenvalue weighted by molar-refractivity contribution is 6.53. The van der Waals surface area contributed by atoms with Crippen LogP contribution in [0.2, 0.25) is 0 Å². The predicted octanol–water partition coefficient (Wildman–Crippen LogP) is 4.57. The number of amides is 3. The van der Waals surface area contributed by atoms with Gasteiger partial charge in [-0.15, -0.1) is 0 Å². The van der Waals surface area contributed by atoms with Gasteiger partial charge in [-0.25, -0.2) is 9.69 Å². The Labute approximate surface area is 229 Å². The minimum atomic E-state index is -0.744. The molecule has 3 aromatic rings. The van der Waals surface area contributed by atoms with Crippen LogP contribution < -0.4 is 25.0 Å². The molecule has 2 N–H and O–H groups in total. The normalized spacial score (nSPS) is 12.9. The summed E-state index contributed by atoms with van der Waals surface area (Å²) in [7, 11) is 2.87. The highest BCUT2D eigenvalue weighted by Gasteiger charge is 2.40. The standard InChI is InChI=1S/C28H24ClN3O7/c1-4-39-28(36)17-8-6-10-19(14-17)31-25(33)16-7-5-9-18(13-16)30-24-23(29)26(34)32(27(24)35)21-15-20(37-2)11-12-22(21)38-3/h5-15,30H,4H2,1-3H3,(H,31,33). The monoisotopic (exact) mass is 549 g/mol. The summed E-state index contributed by atoms with van der Waals surface area (Å²) in [6, 6.07) is 17.3. The molecule has 0 fully saturated rings. The van der Waals surface area contributed by atoms with Crippen LogP contribution in [0.15, 0.2) is 77.5 Å². The Morgan fingerprint density at radius 2 is 1.56 bits per heavy atom. The molecule has 0 aliphatic carbocycles. The van der Waals surface area contributed by atoms with E-state index in [1.54, 1.807) is 55.5 Å². The van der Waals surface area contributed by atoms with Crippen molar-refractivity contribution < 1.29 is 33.4 Å². The molecule has 1 aliphatic rings. The quantitative estimate of drug-likeness (QED) is 0.294. The van der Waals surface area contributed by atoms with Crippen LogP contribution in [0.4, 0.5) is 17.1 Å². The van der Waals surface area contributed by atoms with Crippen molar-refractivity contribution in [3.63, 3.8) is 0 Å². The second-order valence-electron chi connectivity index (χ2n) is 8.13. The molecular formula is C28H24ClN3O7. The molecule has 0 unspecified atom stereocenters. The number of esters is 1. The zero-order valence-corrected chi connectivity index (χ0v) is 22.0. The maximum Gasteiger partial charge on any atom is 0.338 e.